The summed E-state index contributed by atoms with van der Waals surface area (Å²) in [6.45, 7) is 22.2. The van der Waals surface area contributed by atoms with Crippen LogP contribution in [-0.2, 0) is 41.1 Å². The molecular weight excluding hydrogens is 859 g/mol. The van der Waals surface area contributed by atoms with Gasteiger partial charge in [0.05, 0.1) is 13.7 Å². The monoisotopic (exact) mass is 927 g/mol. The summed E-state index contributed by atoms with van der Waals surface area (Å²) in [7, 11) is -3.93. The first-order chi connectivity index (χ1) is 29.8. The van der Waals surface area contributed by atoms with E-state index in [2.05, 4.69) is 57.5 Å². The van der Waals surface area contributed by atoms with Gasteiger partial charge in [-0.2, -0.15) is 0 Å². The van der Waals surface area contributed by atoms with Crippen LogP contribution in [0.5, 0.6) is 5.75 Å². The molecule has 0 spiro atoms. The average molecular weight is 928 g/mol. The maximum Gasteiger partial charge on any atom is 0.408 e. The Morgan fingerprint density at radius 2 is 1.44 bits per heavy atom. The number of aliphatic hydroxyl groups is 1. The van der Waals surface area contributed by atoms with E-state index in [1.54, 1.807) is 31.4 Å². The van der Waals surface area contributed by atoms with Gasteiger partial charge in [0, 0.05) is 18.8 Å². The van der Waals surface area contributed by atoms with Crippen molar-refractivity contribution in [3.63, 3.8) is 0 Å². The summed E-state index contributed by atoms with van der Waals surface area (Å²) in [6, 6.07) is 14.9. The third kappa shape index (κ3) is 13.2. The van der Waals surface area contributed by atoms with Gasteiger partial charge in [-0.1, -0.05) is 84.0 Å². The lowest BCUT2D eigenvalue weighted by Gasteiger charge is -2.44. The van der Waals surface area contributed by atoms with Crippen LogP contribution < -0.4 is 31.9 Å². The molecule has 1 fully saturated rings. The molecule has 1 aromatic heterocycles. The van der Waals surface area contributed by atoms with E-state index in [1.165, 1.54) is 23.8 Å². The van der Waals surface area contributed by atoms with Crippen LogP contribution in [0.2, 0.25) is 36.3 Å². The molecule has 1 aliphatic heterocycles. The van der Waals surface area contributed by atoms with Crippen LogP contribution in [0, 0.1) is 0 Å². The Balaban J connectivity index is 1.60. The molecule has 3 aromatic rings. The van der Waals surface area contributed by atoms with Gasteiger partial charge in [-0.05, 0) is 79.4 Å². The van der Waals surface area contributed by atoms with E-state index in [4.69, 9.17) is 23.1 Å². The number of nitrogens with zero attached hydrogens (tertiary/aromatic N) is 2. The largest absolute Gasteiger partial charge is 0.497 e. The molecular formula is C45H69N5O12Si2. The maximum absolute atomic E-state index is 14.4. The molecule has 64 heavy (non-hydrogen) atoms. The number of carboxylic acids is 1. The molecule has 2 heterocycles. The summed E-state index contributed by atoms with van der Waals surface area (Å²) in [5, 5.41) is 30.2. The number of aromatic nitrogens is 2. The van der Waals surface area contributed by atoms with E-state index < -0.39 is 88.6 Å². The molecule has 2 aromatic carbocycles. The maximum atomic E-state index is 14.4. The number of amides is 2. The van der Waals surface area contributed by atoms with Crippen molar-refractivity contribution in [1.82, 2.24) is 25.1 Å². The SMILES string of the molecule is COc1ccc(Cn2c(=O)ccn([C@@H]3O[C@H](C(O)[C@H](NCCCNC(=O)[C@H](C)NC(=O)OCc4ccccc4)C(=O)O)[C@@H](O[Si](C)(C)C(C)(C)C)[C@H]3O[Si](C)(C)C(C)(C)C)c2=O)cc1. The highest BCUT2D eigenvalue weighted by atomic mass is 28.4. The Bertz CT molecular complexity index is 2150. The van der Waals surface area contributed by atoms with Gasteiger partial charge in [0.25, 0.3) is 5.56 Å². The molecule has 7 atom stereocenters. The first-order valence-corrected chi connectivity index (χ1v) is 27.4. The number of aliphatic carboxylic acids is 1. The molecule has 0 aliphatic carbocycles. The number of aliphatic hydroxyl groups excluding tert-OH is 1. The van der Waals surface area contributed by atoms with Crippen LogP contribution in [0.15, 0.2) is 76.4 Å². The van der Waals surface area contributed by atoms with Gasteiger partial charge in [0.1, 0.15) is 48.9 Å². The Labute approximate surface area is 378 Å². The number of rotatable bonds is 20. The fraction of sp³-hybridized carbons (Fsp3) is 0.578. The van der Waals surface area contributed by atoms with E-state index in [-0.39, 0.29) is 42.7 Å². The number of methoxy groups -OCH3 is 1. The van der Waals surface area contributed by atoms with Crippen LogP contribution in [0.25, 0.3) is 0 Å². The van der Waals surface area contributed by atoms with Crippen molar-refractivity contribution < 1.29 is 47.7 Å². The number of nitrogens with one attached hydrogen (secondary N) is 3. The number of carbonyl (C=O) groups excluding carboxylic acids is 2. The van der Waals surface area contributed by atoms with Crippen molar-refractivity contribution in [2.24, 2.45) is 0 Å². The second-order valence-electron chi connectivity index (χ2n) is 19.3. The molecule has 354 valence electrons. The Hall–Kier alpha value is -4.64. The fourth-order valence-electron chi connectivity index (χ4n) is 6.50. The zero-order chi connectivity index (χ0) is 47.8. The molecule has 17 nitrogen and oxygen atoms in total. The zero-order valence-electron chi connectivity index (χ0n) is 39.3. The van der Waals surface area contributed by atoms with Crippen molar-refractivity contribution in [1.29, 1.82) is 0 Å². The molecule has 2 amide bonds. The molecule has 0 saturated carbocycles. The van der Waals surface area contributed by atoms with Crippen molar-refractivity contribution in [3.8, 4) is 5.75 Å². The lowest BCUT2D eigenvalue weighted by atomic mass is 9.99. The van der Waals surface area contributed by atoms with Crippen molar-refractivity contribution in [2.45, 2.75) is 147 Å². The highest BCUT2D eigenvalue weighted by Gasteiger charge is 2.57. The first kappa shape index (κ1) is 52.0. The number of hydrogen-bond acceptors (Lipinski definition) is 12. The van der Waals surface area contributed by atoms with Gasteiger partial charge in [-0.25, -0.2) is 9.59 Å². The molecule has 5 N–H and O–H groups in total. The molecule has 0 bridgehead atoms. The lowest BCUT2D eigenvalue weighted by Crippen LogP contribution is -2.59. The van der Waals surface area contributed by atoms with E-state index in [0.29, 0.717) is 11.3 Å². The van der Waals surface area contributed by atoms with Crippen molar-refractivity contribution >= 4 is 34.6 Å². The van der Waals surface area contributed by atoms with Crippen molar-refractivity contribution in [3.05, 3.63) is 98.8 Å². The summed E-state index contributed by atoms with van der Waals surface area (Å²) in [5.41, 5.74) is 0.235. The second kappa shape index (κ2) is 21.6. The third-order valence-corrected chi connectivity index (χ3v) is 21.4. The van der Waals surface area contributed by atoms with Gasteiger partial charge in [0.15, 0.2) is 22.9 Å². The molecule has 0 radical (unpaired) electrons. The normalized spacial score (nSPS) is 19.6. The summed E-state index contributed by atoms with van der Waals surface area (Å²) in [5.74, 6) is -1.22. The lowest BCUT2D eigenvalue weighted by molar-refractivity contribution is -0.149. The van der Waals surface area contributed by atoms with E-state index >= 15 is 0 Å². The molecule has 1 saturated heterocycles. The van der Waals surface area contributed by atoms with E-state index in [1.807, 2.05) is 56.5 Å². The summed E-state index contributed by atoms with van der Waals surface area (Å²) in [4.78, 5) is 65.7. The number of alkyl carbamates (subject to hydrolysis) is 1. The van der Waals surface area contributed by atoms with Crippen LogP contribution in [0.1, 0.15) is 72.2 Å². The van der Waals surface area contributed by atoms with Crippen LogP contribution in [-0.4, -0.2) is 111 Å². The number of benzene rings is 2. The minimum atomic E-state index is -2.74. The minimum absolute atomic E-state index is 0.0434. The van der Waals surface area contributed by atoms with Gasteiger partial charge < -0.3 is 49.2 Å². The topological polar surface area (TPSA) is 218 Å². The smallest absolute Gasteiger partial charge is 0.408 e. The van der Waals surface area contributed by atoms with Crippen molar-refractivity contribution in [2.75, 3.05) is 20.2 Å². The molecule has 1 unspecified atom stereocenters. The zero-order valence-corrected chi connectivity index (χ0v) is 41.3. The first-order valence-electron chi connectivity index (χ1n) is 21.6. The summed E-state index contributed by atoms with van der Waals surface area (Å²) < 4.78 is 33.7. The number of hydrogen-bond donors (Lipinski definition) is 5. The van der Waals surface area contributed by atoms with Gasteiger partial charge in [-0.15, -0.1) is 0 Å². The fourth-order valence-corrected chi connectivity index (χ4v) is 9.09. The number of carboxylic acid groups (broad SMARTS) is 1. The molecule has 1 aliphatic rings. The quantitative estimate of drug-likeness (QED) is 0.0748. The summed E-state index contributed by atoms with van der Waals surface area (Å²) in [6.07, 6.45) is -5.53. The van der Waals surface area contributed by atoms with E-state index in [9.17, 15) is 34.2 Å². The third-order valence-electron chi connectivity index (χ3n) is 12.5. The predicted molar refractivity (Wildman–Crippen MR) is 247 cm³/mol. The highest BCUT2D eigenvalue weighted by Crippen LogP contribution is 2.46. The number of ether oxygens (including phenoxy) is 3. The summed E-state index contributed by atoms with van der Waals surface area (Å²) >= 11 is 0. The number of carbonyl (C=O) groups is 3. The Kier molecular flexibility index (Phi) is 17.5. The molecule has 4 rings (SSSR count). The highest BCUT2D eigenvalue weighted by molar-refractivity contribution is 6.74. The van der Waals surface area contributed by atoms with Crippen LogP contribution >= 0.6 is 0 Å². The Morgan fingerprint density at radius 3 is 2.00 bits per heavy atom. The Morgan fingerprint density at radius 1 is 0.844 bits per heavy atom. The molecule has 19 heteroatoms. The van der Waals surface area contributed by atoms with Crippen LogP contribution in [0.3, 0.4) is 0 Å². The van der Waals surface area contributed by atoms with E-state index in [0.717, 1.165) is 10.1 Å². The second-order valence-corrected chi connectivity index (χ2v) is 28.8. The average Bonchev–Trinajstić information content (AvgIpc) is 3.54. The standard InChI is InChI=1S/C45H69N5O12Si2/c1-29(48-42(56)59-28-31-17-14-13-15-18-31)39(53)47-25-16-24-46-34(41(54)55)35(52)36-37(61-63(9,10)44(2,3)4)38(62-64(11,12)45(5,6)7)40(60-36)49-26-23-33(51)50(43(49)57)27-30-19-21-32(58-8)22-20-30/h13-15,17-23,26,29,34-38,40,46,52H,16,24-25,27-28H2,1-12H3,(H,47,53)(H,48,56)(H,54,55)/t29-,34-,35?,36+,37+,38+,40+/m0/s1. The van der Waals surface area contributed by atoms with Crippen LogP contribution in [0.4, 0.5) is 4.79 Å². The predicted octanol–water partition coefficient (Wildman–Crippen LogP) is 4.97. The van der Waals surface area contributed by atoms with Gasteiger partial charge >= 0.3 is 17.8 Å². The van der Waals surface area contributed by atoms with Gasteiger partial charge in [0.2, 0.25) is 5.91 Å². The minimum Gasteiger partial charge on any atom is -0.497 e. The van der Waals surface area contributed by atoms with Gasteiger partial charge in [-0.3, -0.25) is 23.5 Å².